The van der Waals surface area contributed by atoms with Gasteiger partial charge in [0.05, 0.1) is 11.7 Å². The van der Waals surface area contributed by atoms with Gasteiger partial charge in [0.25, 0.3) is 11.8 Å². The number of carboxylic acid groups (broad SMARTS) is 1. The van der Waals surface area contributed by atoms with E-state index in [1.54, 1.807) is 12.4 Å². The summed E-state index contributed by atoms with van der Waals surface area (Å²) in [6, 6.07) is 4.55. The molecule has 0 aliphatic carbocycles. The number of fused-ring (bicyclic) bond motifs is 1. The van der Waals surface area contributed by atoms with Crippen LogP contribution in [0.25, 0.3) is 0 Å². The number of rotatable bonds is 9. The lowest BCUT2D eigenvalue weighted by atomic mass is 10.0. The summed E-state index contributed by atoms with van der Waals surface area (Å²) in [5.74, 6) is -2.38. The Labute approximate surface area is 225 Å². The number of hydrogen-bond acceptors (Lipinski definition) is 11. The van der Waals surface area contributed by atoms with E-state index in [4.69, 9.17) is 10.6 Å². The molecule has 1 unspecified atom stereocenters. The number of β-lactam (4-membered cyclic amide) rings is 1. The molecule has 2 aromatic heterocycles. The number of carbonyl (C=O) groups is 3. The Kier molecular flexibility index (Phi) is 11.9. The number of pyridine rings is 1. The van der Waals surface area contributed by atoms with E-state index in [-0.39, 0.29) is 52.3 Å². The van der Waals surface area contributed by atoms with Crippen LogP contribution >= 0.6 is 35.7 Å². The number of carbonyl (C=O) groups excluding carboxylic acids is 3. The molecule has 202 valence electrons. The average Bonchev–Trinajstić information content (AvgIpc) is 3.26. The van der Waals surface area contributed by atoms with Gasteiger partial charge in [-0.25, -0.2) is 4.57 Å². The van der Waals surface area contributed by atoms with Gasteiger partial charge in [0.2, 0.25) is 11.5 Å². The number of thioether (sulfide) groups is 1. The number of anilines is 1. The Morgan fingerprint density at radius 2 is 2.03 bits per heavy atom. The highest BCUT2D eigenvalue weighted by molar-refractivity contribution is 8.00. The van der Waals surface area contributed by atoms with Crippen molar-refractivity contribution < 1.29 is 39.8 Å². The van der Waals surface area contributed by atoms with Crippen LogP contribution in [0.1, 0.15) is 19.2 Å². The van der Waals surface area contributed by atoms with E-state index in [0.29, 0.717) is 24.3 Å². The zero-order chi connectivity index (χ0) is 24.2. The normalized spacial score (nSPS) is 18.4. The SMILES string of the molecule is CCCON=C(C(=O)NC1C(=O)N2C(C(=O)[O-])=C(C[n+]3ccccc3)CS[C@H]12)c1nsc(N)n1.Cl.O.O. The summed E-state index contributed by atoms with van der Waals surface area (Å²) in [6.07, 6.45) is 4.28. The molecule has 17 heteroatoms. The Morgan fingerprint density at radius 3 is 2.62 bits per heavy atom. The molecule has 2 aliphatic heterocycles. The monoisotopic (exact) mass is 575 g/mol. The number of hydrogen-bond donors (Lipinski definition) is 2. The molecule has 1 saturated heterocycles. The molecule has 7 N–H and O–H groups in total. The summed E-state index contributed by atoms with van der Waals surface area (Å²) in [5, 5.41) is 17.9. The summed E-state index contributed by atoms with van der Waals surface area (Å²) >= 11 is 2.25. The van der Waals surface area contributed by atoms with Crippen molar-refractivity contribution in [1.29, 1.82) is 0 Å². The van der Waals surface area contributed by atoms with Crippen LogP contribution in [0.4, 0.5) is 5.13 Å². The van der Waals surface area contributed by atoms with Gasteiger partial charge in [-0.3, -0.25) is 14.5 Å². The lowest BCUT2D eigenvalue weighted by Crippen LogP contribution is -2.71. The van der Waals surface area contributed by atoms with E-state index < -0.39 is 29.2 Å². The Bertz CT molecular complexity index is 1180. The van der Waals surface area contributed by atoms with Crippen LogP contribution in [0.15, 0.2) is 47.0 Å². The predicted molar refractivity (Wildman–Crippen MR) is 135 cm³/mol. The molecule has 0 spiro atoms. The molecule has 2 aromatic rings. The standard InChI is InChI=1S/C20H21N7O5S2.ClH.2H2O/c1-2-8-32-24-12(15-23-20(21)34-25-15)16(28)22-13-17(29)27-14(19(30)31)11(10-33-18(13)27)9-26-6-4-3-5-7-26;;;/h3-7,13,18H,2,8-10H2,1H3,(H3-,21,22,23,25,28,30,31);1H;2*1H2/t13?,18-;;;/m1.../s1. The topological polar surface area (TPSA) is 230 Å². The van der Waals surface area contributed by atoms with Gasteiger partial charge in [-0.1, -0.05) is 18.1 Å². The molecule has 2 amide bonds. The molecule has 2 aliphatic rings. The van der Waals surface area contributed by atoms with E-state index in [1.807, 2.05) is 29.7 Å². The number of aliphatic carboxylic acids is 1. The third-order valence-electron chi connectivity index (χ3n) is 5.00. The molecular formula is C20H26ClN7O7S2. The van der Waals surface area contributed by atoms with Gasteiger partial charge in [0.15, 0.2) is 24.1 Å². The summed E-state index contributed by atoms with van der Waals surface area (Å²) in [5.41, 5.74) is 5.79. The fourth-order valence-electron chi connectivity index (χ4n) is 3.48. The maximum Gasteiger partial charge on any atom is 0.278 e. The molecule has 0 saturated carbocycles. The van der Waals surface area contributed by atoms with Crippen LogP contribution in [0, 0.1) is 0 Å². The molecular weight excluding hydrogens is 550 g/mol. The van der Waals surface area contributed by atoms with Gasteiger partial charge in [-0.15, -0.1) is 24.2 Å². The maximum atomic E-state index is 12.9. The maximum absolute atomic E-state index is 12.9. The summed E-state index contributed by atoms with van der Waals surface area (Å²) < 4.78 is 5.80. The summed E-state index contributed by atoms with van der Waals surface area (Å²) in [7, 11) is 0. The van der Waals surface area contributed by atoms with Crippen molar-refractivity contribution in [2.75, 3.05) is 18.1 Å². The van der Waals surface area contributed by atoms with E-state index >= 15 is 0 Å². The first-order valence-electron chi connectivity index (χ1n) is 10.3. The second kappa shape index (κ2) is 13.8. The molecule has 0 bridgehead atoms. The number of carboxylic acids is 1. The largest absolute Gasteiger partial charge is 0.543 e. The van der Waals surface area contributed by atoms with E-state index in [0.717, 1.165) is 16.4 Å². The van der Waals surface area contributed by atoms with Crippen molar-refractivity contribution in [3.8, 4) is 0 Å². The molecule has 1 fully saturated rings. The minimum atomic E-state index is -1.44. The number of nitrogens with two attached hydrogens (primary N) is 1. The highest BCUT2D eigenvalue weighted by Crippen LogP contribution is 2.40. The second-order valence-electron chi connectivity index (χ2n) is 7.38. The van der Waals surface area contributed by atoms with Crippen LogP contribution in [0.3, 0.4) is 0 Å². The molecule has 4 rings (SSSR count). The molecule has 37 heavy (non-hydrogen) atoms. The first-order valence-corrected chi connectivity index (χ1v) is 12.2. The molecule has 4 heterocycles. The van der Waals surface area contributed by atoms with E-state index in [2.05, 4.69) is 19.8 Å². The van der Waals surface area contributed by atoms with Crippen molar-refractivity contribution >= 4 is 64.3 Å². The van der Waals surface area contributed by atoms with Crippen molar-refractivity contribution in [3.63, 3.8) is 0 Å². The lowest BCUT2D eigenvalue weighted by molar-refractivity contribution is -0.689. The van der Waals surface area contributed by atoms with Crippen LogP contribution in [0.5, 0.6) is 0 Å². The zero-order valence-electron chi connectivity index (χ0n) is 19.4. The minimum Gasteiger partial charge on any atom is -0.543 e. The van der Waals surface area contributed by atoms with Gasteiger partial charge in [0, 0.05) is 35.0 Å². The van der Waals surface area contributed by atoms with Gasteiger partial charge in [-0.05, 0) is 6.42 Å². The van der Waals surface area contributed by atoms with Crippen LogP contribution in [-0.4, -0.2) is 72.5 Å². The number of nitrogens with zero attached hydrogens (tertiary/aromatic N) is 5. The molecule has 0 aromatic carbocycles. The van der Waals surface area contributed by atoms with Crippen molar-refractivity contribution in [2.24, 2.45) is 5.16 Å². The predicted octanol–water partition coefficient (Wildman–Crippen LogP) is -2.58. The number of aromatic nitrogens is 3. The fraction of sp³-hybridized carbons (Fsp3) is 0.350. The smallest absolute Gasteiger partial charge is 0.278 e. The van der Waals surface area contributed by atoms with Gasteiger partial charge in [-0.2, -0.15) is 9.36 Å². The average molecular weight is 576 g/mol. The molecule has 14 nitrogen and oxygen atoms in total. The van der Waals surface area contributed by atoms with Crippen molar-refractivity contribution in [1.82, 2.24) is 19.6 Å². The van der Waals surface area contributed by atoms with E-state index in [9.17, 15) is 19.5 Å². The Balaban J connectivity index is 0.00000228. The third kappa shape index (κ3) is 6.72. The van der Waals surface area contributed by atoms with Crippen LogP contribution in [-0.2, 0) is 25.8 Å². The van der Waals surface area contributed by atoms with E-state index in [1.165, 1.54) is 11.8 Å². The molecule has 2 atom stereocenters. The van der Waals surface area contributed by atoms with Crippen LogP contribution < -0.4 is 20.7 Å². The van der Waals surface area contributed by atoms with Gasteiger partial charge < -0.3 is 36.7 Å². The minimum absolute atomic E-state index is 0. The number of nitrogens with one attached hydrogen (secondary N) is 1. The Morgan fingerprint density at radius 1 is 1.32 bits per heavy atom. The first-order chi connectivity index (χ1) is 16.4. The highest BCUT2D eigenvalue weighted by Gasteiger charge is 2.53. The number of amides is 2. The summed E-state index contributed by atoms with van der Waals surface area (Å²) in [6.45, 7) is 2.45. The summed E-state index contributed by atoms with van der Waals surface area (Å²) in [4.78, 5) is 48.0. The lowest BCUT2D eigenvalue weighted by Gasteiger charge is -2.50. The quantitative estimate of drug-likeness (QED) is 0.105. The third-order valence-corrected chi connectivity index (χ3v) is 6.88. The fourth-order valence-corrected chi connectivity index (χ4v) is 5.25. The molecule has 0 radical (unpaired) electrons. The van der Waals surface area contributed by atoms with Gasteiger partial charge >= 0.3 is 0 Å². The van der Waals surface area contributed by atoms with Crippen molar-refractivity contribution in [3.05, 3.63) is 47.7 Å². The van der Waals surface area contributed by atoms with Gasteiger partial charge in [0.1, 0.15) is 18.0 Å². The second-order valence-corrected chi connectivity index (χ2v) is 9.27. The number of halogens is 1. The number of oxime groups is 1. The number of nitrogen functional groups attached to an aromatic ring is 1. The van der Waals surface area contributed by atoms with Crippen molar-refractivity contribution in [2.45, 2.75) is 31.3 Å². The first kappa shape index (κ1) is 31.7. The highest BCUT2D eigenvalue weighted by atomic mass is 35.5. The zero-order valence-corrected chi connectivity index (χ0v) is 21.9. The Hall–Kier alpha value is -3.31. The van der Waals surface area contributed by atoms with Crippen LogP contribution in [0.2, 0.25) is 0 Å².